The van der Waals surface area contributed by atoms with Gasteiger partial charge in [0.05, 0.1) is 19.8 Å². The lowest BCUT2D eigenvalue weighted by Crippen LogP contribution is -2.57. The molecule has 0 heterocycles. The minimum atomic E-state index is -1.43. The molecule has 0 unspecified atom stereocenters. The molecule has 6 heteroatoms. The average molecular weight is 188 g/mol. The molecule has 1 amide bonds. The summed E-state index contributed by atoms with van der Waals surface area (Å²) >= 11 is 0. The Bertz CT molecular complexity index is 199. The lowest BCUT2D eigenvalue weighted by molar-refractivity contribution is -0.123. The summed E-state index contributed by atoms with van der Waals surface area (Å²) in [5, 5.41) is 28.5. The van der Waals surface area contributed by atoms with E-state index in [1.807, 2.05) is 0 Å². The second-order valence-electron chi connectivity index (χ2n) is 2.62. The van der Waals surface area contributed by atoms with Gasteiger partial charge in [0.25, 0.3) is 6.54 Å². The Morgan fingerprint density at radius 3 is 2.08 bits per heavy atom. The smallest absolute Gasteiger partial charge is 0.300 e. The molecule has 13 heavy (non-hydrogen) atoms. The van der Waals surface area contributed by atoms with Crippen molar-refractivity contribution in [2.24, 2.45) is 0 Å². The Balaban J connectivity index is 4.26. The van der Waals surface area contributed by atoms with Gasteiger partial charge in [-0.2, -0.15) is 0 Å². The highest BCUT2D eigenvalue weighted by molar-refractivity contribution is 5.80. The second-order valence-corrected chi connectivity index (χ2v) is 2.62. The molecule has 0 aliphatic heterocycles. The first kappa shape index (κ1) is 11.8. The highest BCUT2D eigenvalue weighted by atomic mass is 16.3. The van der Waals surface area contributed by atoms with Gasteiger partial charge in [-0.25, -0.2) is 6.57 Å². The van der Waals surface area contributed by atoms with Crippen LogP contribution in [-0.4, -0.2) is 53.1 Å². The number of hydrogen-bond donors (Lipinski definition) is 4. The van der Waals surface area contributed by atoms with Crippen molar-refractivity contribution < 1.29 is 20.1 Å². The maximum atomic E-state index is 10.9. The monoisotopic (exact) mass is 188 g/mol. The molecule has 74 valence electrons. The van der Waals surface area contributed by atoms with Crippen molar-refractivity contribution >= 4 is 5.91 Å². The molecule has 0 rings (SSSR count). The molecule has 0 saturated carbocycles. The van der Waals surface area contributed by atoms with Gasteiger partial charge >= 0.3 is 5.91 Å². The van der Waals surface area contributed by atoms with Gasteiger partial charge in [-0.3, -0.25) is 4.79 Å². The minimum Gasteiger partial charge on any atom is -0.394 e. The van der Waals surface area contributed by atoms with Gasteiger partial charge in [0.1, 0.15) is 5.54 Å². The second kappa shape index (κ2) is 5.48. The van der Waals surface area contributed by atoms with Gasteiger partial charge in [-0.15, -0.1) is 0 Å². The first-order chi connectivity index (χ1) is 6.14. The van der Waals surface area contributed by atoms with E-state index in [9.17, 15) is 4.79 Å². The third-order valence-electron chi connectivity index (χ3n) is 1.54. The van der Waals surface area contributed by atoms with Crippen molar-refractivity contribution in [3.8, 4) is 0 Å². The van der Waals surface area contributed by atoms with Crippen LogP contribution in [-0.2, 0) is 4.79 Å². The summed E-state index contributed by atoms with van der Waals surface area (Å²) in [4.78, 5) is 13.7. The van der Waals surface area contributed by atoms with Gasteiger partial charge in [0.2, 0.25) is 0 Å². The molecule has 0 bridgehead atoms. The first-order valence-corrected chi connectivity index (χ1v) is 3.61. The number of rotatable bonds is 5. The maximum absolute atomic E-state index is 10.9. The fourth-order valence-corrected chi connectivity index (χ4v) is 0.676. The van der Waals surface area contributed by atoms with Crippen LogP contribution < -0.4 is 5.32 Å². The first-order valence-electron chi connectivity index (χ1n) is 3.61. The standard InChI is InChI=1S/C7H12N2O4/c1-8-2-6(13)9-7(3-10,4-11)5-12/h10-12H,2-5H2,(H,9,13). The Morgan fingerprint density at radius 2 is 1.77 bits per heavy atom. The van der Waals surface area contributed by atoms with E-state index < -0.39 is 31.3 Å². The molecular formula is C7H12N2O4. The molecule has 0 spiro atoms. The van der Waals surface area contributed by atoms with Crippen LogP contribution in [0.5, 0.6) is 0 Å². The predicted octanol–water partition coefficient (Wildman–Crippen LogP) is -2.26. The Kier molecular flexibility index (Phi) is 4.99. The fraction of sp³-hybridized carbons (Fsp3) is 0.714. The summed E-state index contributed by atoms with van der Waals surface area (Å²) in [7, 11) is 0. The van der Waals surface area contributed by atoms with Crippen molar-refractivity contribution in [2.75, 3.05) is 26.4 Å². The van der Waals surface area contributed by atoms with Crippen LogP contribution in [0.3, 0.4) is 0 Å². The van der Waals surface area contributed by atoms with Crippen LogP contribution >= 0.6 is 0 Å². The lowest BCUT2D eigenvalue weighted by atomic mass is 10.0. The topological polar surface area (TPSA) is 94.2 Å². The van der Waals surface area contributed by atoms with E-state index in [1.54, 1.807) is 0 Å². The van der Waals surface area contributed by atoms with Crippen LogP contribution in [0.25, 0.3) is 4.85 Å². The molecule has 0 saturated heterocycles. The van der Waals surface area contributed by atoms with Crippen molar-refractivity contribution in [1.82, 2.24) is 5.32 Å². The normalized spacial score (nSPS) is 10.6. The number of hydrogen-bond acceptors (Lipinski definition) is 4. The number of carbonyl (C=O) groups excluding carboxylic acids is 1. The molecule has 0 aromatic heterocycles. The third kappa shape index (κ3) is 3.38. The maximum Gasteiger partial charge on any atom is 0.300 e. The fourth-order valence-electron chi connectivity index (χ4n) is 0.676. The molecule has 6 nitrogen and oxygen atoms in total. The van der Waals surface area contributed by atoms with Crippen LogP contribution in [0.4, 0.5) is 0 Å². The van der Waals surface area contributed by atoms with Gasteiger partial charge in [-0.1, -0.05) is 0 Å². The highest BCUT2D eigenvalue weighted by Crippen LogP contribution is 2.00. The van der Waals surface area contributed by atoms with Crippen LogP contribution in [0.15, 0.2) is 0 Å². The minimum absolute atomic E-state index is 0.387. The zero-order valence-corrected chi connectivity index (χ0v) is 7.03. The number of nitrogens with one attached hydrogen (secondary N) is 1. The zero-order chi connectivity index (χ0) is 10.3. The molecule has 0 fully saturated rings. The Hall–Kier alpha value is -1.16. The summed E-state index contributed by atoms with van der Waals surface area (Å²) in [6.45, 7) is 4.26. The van der Waals surface area contributed by atoms with E-state index >= 15 is 0 Å². The lowest BCUT2D eigenvalue weighted by Gasteiger charge is -2.27. The Morgan fingerprint density at radius 1 is 1.31 bits per heavy atom. The number of amides is 1. The van der Waals surface area contributed by atoms with E-state index in [0.717, 1.165) is 0 Å². The van der Waals surface area contributed by atoms with E-state index in [0.29, 0.717) is 0 Å². The number of nitrogens with zero attached hydrogens (tertiary/aromatic N) is 1. The van der Waals surface area contributed by atoms with Crippen LogP contribution in [0.2, 0.25) is 0 Å². The van der Waals surface area contributed by atoms with Crippen LogP contribution in [0, 0.1) is 6.57 Å². The third-order valence-corrected chi connectivity index (χ3v) is 1.54. The molecular weight excluding hydrogens is 176 g/mol. The van der Waals surface area contributed by atoms with E-state index in [-0.39, 0.29) is 6.54 Å². The molecule has 0 aliphatic rings. The molecule has 0 aromatic rings. The zero-order valence-electron chi connectivity index (χ0n) is 7.03. The quantitative estimate of drug-likeness (QED) is 0.366. The Labute approximate surface area is 75.6 Å². The molecule has 0 aromatic carbocycles. The molecule has 4 N–H and O–H groups in total. The van der Waals surface area contributed by atoms with Gasteiger partial charge in [0, 0.05) is 0 Å². The summed E-state index contributed by atoms with van der Waals surface area (Å²) in [5.74, 6) is -0.632. The highest BCUT2D eigenvalue weighted by Gasteiger charge is 2.30. The largest absolute Gasteiger partial charge is 0.394 e. The SMILES string of the molecule is [C-]#[N+]CC(=O)NC(CO)(CO)CO. The molecule has 0 radical (unpaired) electrons. The van der Waals surface area contributed by atoms with Crippen molar-refractivity contribution in [2.45, 2.75) is 5.54 Å². The molecule has 0 atom stereocenters. The molecule has 0 aliphatic carbocycles. The number of aliphatic hydroxyl groups excluding tert-OH is 3. The van der Waals surface area contributed by atoms with Crippen molar-refractivity contribution in [3.63, 3.8) is 0 Å². The number of aliphatic hydroxyl groups is 3. The van der Waals surface area contributed by atoms with Gasteiger partial charge in [0.15, 0.2) is 0 Å². The predicted molar refractivity (Wildman–Crippen MR) is 43.6 cm³/mol. The number of carbonyl (C=O) groups is 1. The van der Waals surface area contributed by atoms with E-state index in [4.69, 9.17) is 21.9 Å². The van der Waals surface area contributed by atoms with Gasteiger partial charge in [-0.05, 0) is 0 Å². The van der Waals surface area contributed by atoms with Crippen molar-refractivity contribution in [3.05, 3.63) is 11.4 Å². The van der Waals surface area contributed by atoms with E-state index in [2.05, 4.69) is 10.2 Å². The van der Waals surface area contributed by atoms with E-state index in [1.165, 1.54) is 0 Å². The summed E-state index contributed by atoms with van der Waals surface area (Å²) in [6.07, 6.45) is 0. The summed E-state index contributed by atoms with van der Waals surface area (Å²) in [6, 6.07) is 0. The average Bonchev–Trinajstić information content (AvgIpc) is 2.15. The van der Waals surface area contributed by atoms with Crippen LogP contribution in [0.1, 0.15) is 0 Å². The summed E-state index contributed by atoms with van der Waals surface area (Å²) < 4.78 is 0. The summed E-state index contributed by atoms with van der Waals surface area (Å²) in [5.41, 5.74) is -1.43. The van der Waals surface area contributed by atoms with Gasteiger partial charge < -0.3 is 25.5 Å². The van der Waals surface area contributed by atoms with Crippen molar-refractivity contribution in [1.29, 1.82) is 0 Å².